The Morgan fingerprint density at radius 1 is 1.50 bits per heavy atom. The van der Waals surface area contributed by atoms with Crippen LogP contribution in [0.25, 0.3) is 0 Å². The van der Waals surface area contributed by atoms with Crippen LogP contribution in [0.15, 0.2) is 0 Å². The first-order valence-electron chi connectivity index (χ1n) is 5.18. The molecule has 1 aliphatic carbocycles. The minimum atomic E-state index is -3.20. The van der Waals surface area contributed by atoms with Crippen molar-refractivity contribution in [3.05, 3.63) is 0 Å². The van der Waals surface area contributed by atoms with Crippen LogP contribution in [0.4, 0.5) is 0 Å². The zero-order valence-corrected chi connectivity index (χ0v) is 9.68. The normalized spacial score (nSPS) is 30.5. The molecule has 0 spiro atoms. The lowest BCUT2D eigenvalue weighted by atomic mass is 10.1. The molecule has 0 amide bonds. The van der Waals surface area contributed by atoms with E-state index in [1.165, 1.54) is 0 Å². The van der Waals surface area contributed by atoms with Gasteiger partial charge in [-0.05, 0) is 25.7 Å². The fourth-order valence-electron chi connectivity index (χ4n) is 1.77. The quantitative estimate of drug-likeness (QED) is 0.722. The summed E-state index contributed by atoms with van der Waals surface area (Å²) in [5.41, 5.74) is 5.35. The third kappa shape index (κ3) is 2.68. The summed E-state index contributed by atoms with van der Waals surface area (Å²) in [6.45, 7) is 3.91. The number of hydrogen-bond acceptors (Lipinski definition) is 3. The molecular formula is C9H20N2O2S. The van der Waals surface area contributed by atoms with Gasteiger partial charge in [0, 0.05) is 12.6 Å². The first-order chi connectivity index (χ1) is 6.47. The maximum Gasteiger partial charge on any atom is 0.215 e. The molecule has 0 bridgehead atoms. The van der Waals surface area contributed by atoms with Gasteiger partial charge in [0.05, 0.1) is 5.25 Å². The smallest absolute Gasteiger partial charge is 0.215 e. The number of hydrogen-bond donors (Lipinski definition) is 2. The standard InChI is InChI=1S/C9H20N2O2S/c1-7-4-3-5-9(7)11-14(12,13)8(2)6-10/h7-9,11H,3-6,10H2,1-2H3. The van der Waals surface area contributed by atoms with Crippen LogP contribution in [0.5, 0.6) is 0 Å². The van der Waals surface area contributed by atoms with Crippen molar-refractivity contribution in [2.45, 2.75) is 44.4 Å². The summed E-state index contributed by atoms with van der Waals surface area (Å²) in [6.07, 6.45) is 3.19. The van der Waals surface area contributed by atoms with Crippen LogP contribution in [0.3, 0.4) is 0 Å². The van der Waals surface area contributed by atoms with E-state index in [4.69, 9.17) is 5.73 Å². The zero-order chi connectivity index (χ0) is 10.8. The zero-order valence-electron chi connectivity index (χ0n) is 8.86. The minimum Gasteiger partial charge on any atom is -0.329 e. The van der Waals surface area contributed by atoms with Gasteiger partial charge in [-0.25, -0.2) is 13.1 Å². The fraction of sp³-hybridized carbons (Fsp3) is 1.00. The van der Waals surface area contributed by atoms with E-state index in [9.17, 15) is 8.42 Å². The summed E-state index contributed by atoms with van der Waals surface area (Å²) in [6, 6.07) is 0.119. The molecule has 3 atom stereocenters. The summed E-state index contributed by atoms with van der Waals surface area (Å²) in [4.78, 5) is 0. The molecule has 1 aliphatic rings. The number of nitrogens with two attached hydrogens (primary N) is 1. The number of sulfonamides is 1. The van der Waals surface area contributed by atoms with E-state index in [-0.39, 0.29) is 12.6 Å². The third-order valence-corrected chi connectivity index (χ3v) is 4.92. The van der Waals surface area contributed by atoms with Crippen molar-refractivity contribution in [1.82, 2.24) is 4.72 Å². The molecule has 0 radical (unpaired) electrons. The molecule has 1 saturated carbocycles. The van der Waals surface area contributed by atoms with Gasteiger partial charge in [0.2, 0.25) is 10.0 Å². The van der Waals surface area contributed by atoms with E-state index in [0.717, 1.165) is 19.3 Å². The van der Waals surface area contributed by atoms with Crippen LogP contribution in [-0.4, -0.2) is 26.3 Å². The van der Waals surface area contributed by atoms with Gasteiger partial charge in [-0.3, -0.25) is 0 Å². The topological polar surface area (TPSA) is 72.2 Å². The summed E-state index contributed by atoms with van der Waals surface area (Å²) < 4.78 is 26.1. The highest BCUT2D eigenvalue weighted by atomic mass is 32.2. The lowest BCUT2D eigenvalue weighted by Gasteiger charge is -2.19. The first-order valence-corrected chi connectivity index (χ1v) is 6.73. The molecule has 0 aromatic heterocycles. The molecule has 1 fully saturated rings. The van der Waals surface area contributed by atoms with Gasteiger partial charge in [-0.1, -0.05) is 13.3 Å². The molecule has 0 heterocycles. The first kappa shape index (κ1) is 11.9. The fourth-order valence-corrected chi connectivity index (χ4v) is 3.03. The lowest BCUT2D eigenvalue weighted by molar-refractivity contribution is 0.472. The average Bonchev–Trinajstić information content (AvgIpc) is 2.50. The van der Waals surface area contributed by atoms with Gasteiger partial charge in [0.15, 0.2) is 0 Å². The van der Waals surface area contributed by atoms with E-state index in [2.05, 4.69) is 11.6 Å². The molecular weight excluding hydrogens is 200 g/mol. The van der Waals surface area contributed by atoms with Gasteiger partial charge in [0.1, 0.15) is 0 Å². The van der Waals surface area contributed by atoms with Crippen LogP contribution in [-0.2, 0) is 10.0 Å². The summed E-state index contributed by atoms with van der Waals surface area (Å²) in [5, 5.41) is -0.490. The van der Waals surface area contributed by atoms with Crippen LogP contribution in [0.1, 0.15) is 33.1 Å². The Morgan fingerprint density at radius 3 is 2.57 bits per heavy atom. The summed E-state index contributed by atoms with van der Waals surface area (Å²) in [7, 11) is -3.20. The Bertz CT molecular complexity index is 277. The van der Waals surface area contributed by atoms with E-state index in [1.54, 1.807) is 6.92 Å². The van der Waals surface area contributed by atoms with Crippen molar-refractivity contribution in [3.8, 4) is 0 Å². The Morgan fingerprint density at radius 2 is 2.14 bits per heavy atom. The Kier molecular flexibility index (Phi) is 3.92. The van der Waals surface area contributed by atoms with Crippen LogP contribution in [0, 0.1) is 5.92 Å². The van der Waals surface area contributed by atoms with Crippen molar-refractivity contribution >= 4 is 10.0 Å². The van der Waals surface area contributed by atoms with Crippen molar-refractivity contribution in [2.24, 2.45) is 11.7 Å². The summed E-state index contributed by atoms with van der Waals surface area (Å²) in [5.74, 6) is 0.453. The average molecular weight is 220 g/mol. The molecule has 3 unspecified atom stereocenters. The van der Waals surface area contributed by atoms with Gasteiger partial charge in [-0.15, -0.1) is 0 Å². The van der Waals surface area contributed by atoms with Crippen molar-refractivity contribution in [2.75, 3.05) is 6.54 Å². The van der Waals surface area contributed by atoms with E-state index in [0.29, 0.717) is 5.92 Å². The SMILES string of the molecule is CC1CCCC1NS(=O)(=O)C(C)CN. The molecule has 0 aromatic rings. The molecule has 14 heavy (non-hydrogen) atoms. The van der Waals surface area contributed by atoms with Gasteiger partial charge in [0.25, 0.3) is 0 Å². The maximum atomic E-state index is 11.7. The van der Waals surface area contributed by atoms with Gasteiger partial charge < -0.3 is 5.73 Å². The second kappa shape index (κ2) is 4.59. The van der Waals surface area contributed by atoms with Crippen LogP contribution in [0.2, 0.25) is 0 Å². The van der Waals surface area contributed by atoms with Gasteiger partial charge in [-0.2, -0.15) is 0 Å². The molecule has 4 nitrogen and oxygen atoms in total. The maximum absolute atomic E-state index is 11.7. The predicted octanol–water partition coefficient (Wildman–Crippen LogP) is 0.442. The molecule has 0 aliphatic heterocycles. The predicted molar refractivity (Wildman–Crippen MR) is 57.4 cm³/mol. The molecule has 3 N–H and O–H groups in total. The van der Waals surface area contributed by atoms with Crippen LogP contribution < -0.4 is 10.5 Å². The van der Waals surface area contributed by atoms with E-state index >= 15 is 0 Å². The van der Waals surface area contributed by atoms with Crippen molar-refractivity contribution in [1.29, 1.82) is 0 Å². The summed E-state index contributed by atoms with van der Waals surface area (Å²) >= 11 is 0. The second-order valence-electron chi connectivity index (χ2n) is 4.22. The minimum absolute atomic E-state index is 0.119. The third-order valence-electron chi connectivity index (χ3n) is 3.04. The molecule has 1 rings (SSSR count). The molecule has 84 valence electrons. The molecule has 0 aromatic carbocycles. The molecule has 5 heteroatoms. The highest BCUT2D eigenvalue weighted by Gasteiger charge is 2.29. The Hall–Kier alpha value is -0.130. The highest BCUT2D eigenvalue weighted by Crippen LogP contribution is 2.25. The Labute approximate surface area is 86.3 Å². The van der Waals surface area contributed by atoms with Crippen LogP contribution >= 0.6 is 0 Å². The lowest BCUT2D eigenvalue weighted by Crippen LogP contribution is -2.43. The van der Waals surface area contributed by atoms with Gasteiger partial charge >= 0.3 is 0 Å². The van der Waals surface area contributed by atoms with Crippen molar-refractivity contribution in [3.63, 3.8) is 0 Å². The number of nitrogens with one attached hydrogen (secondary N) is 1. The second-order valence-corrected chi connectivity index (χ2v) is 6.35. The number of rotatable bonds is 4. The monoisotopic (exact) mass is 220 g/mol. The largest absolute Gasteiger partial charge is 0.329 e. The van der Waals surface area contributed by atoms with E-state index < -0.39 is 15.3 Å². The molecule has 0 saturated heterocycles. The van der Waals surface area contributed by atoms with Crippen molar-refractivity contribution < 1.29 is 8.42 Å². The van der Waals surface area contributed by atoms with E-state index in [1.807, 2.05) is 0 Å². The highest BCUT2D eigenvalue weighted by molar-refractivity contribution is 7.90. The Balaban J connectivity index is 2.58.